The zero-order valence-corrected chi connectivity index (χ0v) is 11.1. The van der Waals surface area contributed by atoms with Gasteiger partial charge in [-0.3, -0.25) is 0 Å². The first-order chi connectivity index (χ1) is 6.44. The Morgan fingerprint density at radius 2 is 2.14 bits per heavy atom. The molecule has 0 amide bonds. The van der Waals surface area contributed by atoms with Crippen LogP contribution in [0.2, 0.25) is 0 Å². The maximum absolute atomic E-state index is 8.70. The third-order valence-corrected chi connectivity index (χ3v) is 4.07. The molecule has 0 aromatic rings. The normalized spacial score (nSPS) is 15.7. The Kier molecular flexibility index (Phi) is 6.66. The topological polar surface area (TPSA) is 29.5 Å². The lowest BCUT2D eigenvalue weighted by Gasteiger charge is -2.28. The molecule has 0 radical (unpaired) electrons. The van der Waals surface area contributed by atoms with Gasteiger partial charge in [-0.05, 0) is 33.6 Å². The summed E-state index contributed by atoms with van der Waals surface area (Å²) in [5.41, 5.74) is 1.09. The average molecular weight is 265 g/mol. The SMILES string of the molecule is COC(C)(C)C(Br)CCC(C)=CCO. The molecule has 1 atom stereocenters. The fourth-order valence-electron chi connectivity index (χ4n) is 1.09. The number of alkyl halides is 1. The van der Waals surface area contributed by atoms with Gasteiger partial charge >= 0.3 is 0 Å². The van der Waals surface area contributed by atoms with Gasteiger partial charge in [0.15, 0.2) is 0 Å². The van der Waals surface area contributed by atoms with Crippen LogP contribution < -0.4 is 0 Å². The molecule has 84 valence electrons. The molecule has 3 heteroatoms. The van der Waals surface area contributed by atoms with Gasteiger partial charge in [-0.15, -0.1) is 0 Å². The molecule has 1 N–H and O–H groups in total. The summed E-state index contributed by atoms with van der Waals surface area (Å²) < 4.78 is 5.38. The van der Waals surface area contributed by atoms with E-state index in [2.05, 4.69) is 29.8 Å². The summed E-state index contributed by atoms with van der Waals surface area (Å²) in [6.07, 6.45) is 3.85. The Labute approximate surface area is 95.5 Å². The highest BCUT2D eigenvalue weighted by Gasteiger charge is 2.26. The van der Waals surface area contributed by atoms with Crippen molar-refractivity contribution < 1.29 is 9.84 Å². The standard InChI is InChI=1S/C11H21BrO2/c1-9(7-8-13)5-6-10(12)11(2,3)14-4/h7,10,13H,5-6,8H2,1-4H3. The number of hydrogen-bond acceptors (Lipinski definition) is 2. The molecule has 0 rings (SSSR count). The van der Waals surface area contributed by atoms with Crippen LogP contribution in [0.25, 0.3) is 0 Å². The van der Waals surface area contributed by atoms with E-state index in [-0.39, 0.29) is 12.2 Å². The van der Waals surface area contributed by atoms with Crippen LogP contribution in [-0.4, -0.2) is 29.3 Å². The van der Waals surface area contributed by atoms with Gasteiger partial charge in [0, 0.05) is 11.9 Å². The minimum Gasteiger partial charge on any atom is -0.392 e. The fraction of sp³-hybridized carbons (Fsp3) is 0.818. The molecule has 0 saturated carbocycles. The zero-order valence-electron chi connectivity index (χ0n) is 9.51. The second-order valence-electron chi connectivity index (χ2n) is 4.05. The van der Waals surface area contributed by atoms with Crippen molar-refractivity contribution in [1.82, 2.24) is 0 Å². The molecule has 0 spiro atoms. The van der Waals surface area contributed by atoms with Crippen molar-refractivity contribution in [2.45, 2.75) is 44.0 Å². The maximum Gasteiger partial charge on any atom is 0.0747 e. The number of methoxy groups -OCH3 is 1. The Balaban J connectivity index is 3.96. The zero-order chi connectivity index (χ0) is 11.2. The van der Waals surface area contributed by atoms with Gasteiger partial charge in [0.1, 0.15) is 0 Å². The number of ether oxygens (including phenoxy) is 1. The summed E-state index contributed by atoms with van der Waals surface area (Å²) in [5.74, 6) is 0. The van der Waals surface area contributed by atoms with Crippen LogP contribution in [0.1, 0.15) is 33.6 Å². The molecule has 0 aromatic heterocycles. The monoisotopic (exact) mass is 264 g/mol. The van der Waals surface area contributed by atoms with E-state index in [0.29, 0.717) is 4.83 Å². The smallest absolute Gasteiger partial charge is 0.0747 e. The van der Waals surface area contributed by atoms with Crippen LogP contribution in [0.15, 0.2) is 11.6 Å². The maximum atomic E-state index is 8.70. The lowest BCUT2D eigenvalue weighted by molar-refractivity contribution is 0.0210. The molecule has 0 aliphatic rings. The molecule has 2 nitrogen and oxygen atoms in total. The Morgan fingerprint density at radius 3 is 2.57 bits per heavy atom. The molecule has 0 aliphatic carbocycles. The Morgan fingerprint density at radius 1 is 1.57 bits per heavy atom. The van der Waals surface area contributed by atoms with Crippen molar-refractivity contribution in [2.24, 2.45) is 0 Å². The van der Waals surface area contributed by atoms with Gasteiger partial charge in [0.25, 0.3) is 0 Å². The molecular formula is C11H21BrO2. The van der Waals surface area contributed by atoms with Crippen LogP contribution >= 0.6 is 15.9 Å². The fourth-order valence-corrected chi connectivity index (χ4v) is 1.50. The van der Waals surface area contributed by atoms with Crippen LogP contribution in [0.3, 0.4) is 0 Å². The quantitative estimate of drug-likeness (QED) is 0.591. The first-order valence-corrected chi connectivity index (χ1v) is 5.81. The summed E-state index contributed by atoms with van der Waals surface area (Å²) in [5, 5.41) is 8.70. The molecule has 0 aliphatic heterocycles. The second-order valence-corrected chi connectivity index (χ2v) is 5.15. The minimum absolute atomic E-state index is 0.131. The lowest BCUT2D eigenvalue weighted by atomic mass is 9.99. The summed E-state index contributed by atoms with van der Waals surface area (Å²) in [4.78, 5) is 0.335. The molecule has 1 unspecified atom stereocenters. The van der Waals surface area contributed by atoms with E-state index >= 15 is 0 Å². The van der Waals surface area contributed by atoms with Crippen molar-refractivity contribution in [3.63, 3.8) is 0 Å². The molecule has 0 heterocycles. The number of allylic oxidation sites excluding steroid dienone is 1. The van der Waals surface area contributed by atoms with E-state index < -0.39 is 0 Å². The molecular weight excluding hydrogens is 244 g/mol. The third-order valence-electron chi connectivity index (χ3n) is 2.51. The Bertz CT molecular complexity index is 188. The lowest BCUT2D eigenvalue weighted by Crippen LogP contribution is -2.33. The number of halogens is 1. The average Bonchev–Trinajstić information content (AvgIpc) is 2.14. The van der Waals surface area contributed by atoms with Gasteiger partial charge in [0.2, 0.25) is 0 Å². The summed E-state index contributed by atoms with van der Waals surface area (Å²) in [6, 6.07) is 0. The predicted octanol–water partition coefficient (Wildman–Crippen LogP) is 2.89. The van der Waals surface area contributed by atoms with Crippen molar-refractivity contribution in [3.8, 4) is 0 Å². The van der Waals surface area contributed by atoms with Crippen molar-refractivity contribution in [1.29, 1.82) is 0 Å². The van der Waals surface area contributed by atoms with Gasteiger partial charge in [-0.2, -0.15) is 0 Å². The highest BCUT2D eigenvalue weighted by atomic mass is 79.9. The van der Waals surface area contributed by atoms with E-state index in [1.165, 1.54) is 5.57 Å². The number of aliphatic hydroxyl groups is 1. The first kappa shape index (κ1) is 14.1. The van der Waals surface area contributed by atoms with E-state index in [0.717, 1.165) is 12.8 Å². The first-order valence-electron chi connectivity index (χ1n) is 4.89. The molecule has 0 saturated heterocycles. The molecule has 14 heavy (non-hydrogen) atoms. The number of hydrogen-bond donors (Lipinski definition) is 1. The molecule has 0 aromatic carbocycles. The van der Waals surface area contributed by atoms with Crippen LogP contribution in [-0.2, 0) is 4.74 Å². The van der Waals surface area contributed by atoms with Crippen LogP contribution in [0, 0.1) is 0 Å². The van der Waals surface area contributed by atoms with Crippen LogP contribution in [0.4, 0.5) is 0 Å². The highest BCUT2D eigenvalue weighted by Crippen LogP contribution is 2.26. The van der Waals surface area contributed by atoms with E-state index in [1.807, 2.05) is 13.0 Å². The third kappa shape index (κ3) is 5.13. The molecule has 0 fully saturated rings. The van der Waals surface area contributed by atoms with Gasteiger partial charge < -0.3 is 9.84 Å². The Hall–Kier alpha value is 0.140. The minimum atomic E-state index is -0.139. The number of rotatable bonds is 6. The van der Waals surface area contributed by atoms with Crippen molar-refractivity contribution in [3.05, 3.63) is 11.6 Å². The van der Waals surface area contributed by atoms with Crippen molar-refractivity contribution in [2.75, 3.05) is 13.7 Å². The van der Waals surface area contributed by atoms with Gasteiger partial charge in [0.05, 0.1) is 12.2 Å². The summed E-state index contributed by atoms with van der Waals surface area (Å²) in [7, 11) is 1.73. The molecule has 0 bridgehead atoms. The summed E-state index contributed by atoms with van der Waals surface area (Å²) >= 11 is 3.62. The highest BCUT2D eigenvalue weighted by molar-refractivity contribution is 9.09. The largest absolute Gasteiger partial charge is 0.392 e. The van der Waals surface area contributed by atoms with E-state index in [4.69, 9.17) is 9.84 Å². The van der Waals surface area contributed by atoms with Crippen LogP contribution in [0.5, 0.6) is 0 Å². The predicted molar refractivity (Wildman–Crippen MR) is 63.9 cm³/mol. The van der Waals surface area contributed by atoms with E-state index in [1.54, 1.807) is 7.11 Å². The van der Waals surface area contributed by atoms with E-state index in [9.17, 15) is 0 Å². The second kappa shape index (κ2) is 6.59. The van der Waals surface area contributed by atoms with Gasteiger partial charge in [-0.25, -0.2) is 0 Å². The number of aliphatic hydroxyl groups excluding tert-OH is 1. The summed E-state index contributed by atoms with van der Waals surface area (Å²) in [6.45, 7) is 6.30. The van der Waals surface area contributed by atoms with Crippen molar-refractivity contribution >= 4 is 15.9 Å². The van der Waals surface area contributed by atoms with Gasteiger partial charge in [-0.1, -0.05) is 27.6 Å².